The van der Waals surface area contributed by atoms with Gasteiger partial charge in [-0.15, -0.1) is 0 Å². The quantitative estimate of drug-likeness (QED) is 0.873. The van der Waals surface area contributed by atoms with Crippen molar-refractivity contribution in [2.75, 3.05) is 31.7 Å². The third kappa shape index (κ3) is 4.41. The van der Waals surface area contributed by atoms with Gasteiger partial charge in [-0.1, -0.05) is 6.07 Å². The van der Waals surface area contributed by atoms with E-state index < -0.39 is 5.91 Å². The summed E-state index contributed by atoms with van der Waals surface area (Å²) < 4.78 is 11.2. The molecule has 25 heavy (non-hydrogen) atoms. The molecule has 0 saturated carbocycles. The van der Waals surface area contributed by atoms with E-state index in [4.69, 9.17) is 15.2 Å². The van der Waals surface area contributed by atoms with Crippen molar-refractivity contribution >= 4 is 11.7 Å². The Morgan fingerprint density at radius 2 is 2.16 bits per heavy atom. The maximum absolute atomic E-state index is 11.4. The SMILES string of the molecule is COc1cccc(OC[C@H]2CCCN(c3cc(C(N)=O)ccn3)C2)c1. The van der Waals surface area contributed by atoms with E-state index in [2.05, 4.69) is 9.88 Å². The number of benzene rings is 1. The molecule has 2 N–H and O–H groups in total. The van der Waals surface area contributed by atoms with E-state index >= 15 is 0 Å². The minimum Gasteiger partial charge on any atom is -0.497 e. The van der Waals surface area contributed by atoms with Gasteiger partial charge >= 0.3 is 0 Å². The van der Waals surface area contributed by atoms with E-state index in [-0.39, 0.29) is 0 Å². The zero-order valence-corrected chi connectivity index (χ0v) is 14.4. The Bertz CT molecular complexity index is 735. The van der Waals surface area contributed by atoms with Crippen molar-refractivity contribution in [1.82, 2.24) is 4.98 Å². The summed E-state index contributed by atoms with van der Waals surface area (Å²) >= 11 is 0. The van der Waals surface area contributed by atoms with Gasteiger partial charge < -0.3 is 20.1 Å². The van der Waals surface area contributed by atoms with Crippen LogP contribution in [0.5, 0.6) is 11.5 Å². The lowest BCUT2D eigenvalue weighted by atomic mass is 9.99. The molecular formula is C19H23N3O3. The van der Waals surface area contributed by atoms with Crippen LogP contribution in [0.4, 0.5) is 5.82 Å². The monoisotopic (exact) mass is 341 g/mol. The molecule has 1 aromatic carbocycles. The molecule has 0 unspecified atom stereocenters. The van der Waals surface area contributed by atoms with Gasteiger partial charge in [0.05, 0.1) is 13.7 Å². The number of rotatable bonds is 6. The summed E-state index contributed by atoms with van der Waals surface area (Å²) in [7, 11) is 1.64. The molecule has 1 aliphatic rings. The first-order chi connectivity index (χ1) is 12.2. The van der Waals surface area contributed by atoms with Crippen LogP contribution in [0.1, 0.15) is 23.2 Å². The van der Waals surface area contributed by atoms with Crippen molar-refractivity contribution in [3.05, 3.63) is 48.2 Å². The summed E-state index contributed by atoms with van der Waals surface area (Å²) in [5, 5.41) is 0. The maximum atomic E-state index is 11.4. The largest absolute Gasteiger partial charge is 0.497 e. The van der Waals surface area contributed by atoms with Crippen LogP contribution in [-0.2, 0) is 0 Å². The molecule has 2 heterocycles. The number of pyridine rings is 1. The molecule has 1 atom stereocenters. The summed E-state index contributed by atoms with van der Waals surface area (Å²) in [4.78, 5) is 17.9. The average Bonchev–Trinajstić information content (AvgIpc) is 2.67. The Morgan fingerprint density at radius 1 is 1.32 bits per heavy atom. The van der Waals surface area contributed by atoms with Crippen LogP contribution in [0.25, 0.3) is 0 Å². The fraction of sp³-hybridized carbons (Fsp3) is 0.368. The van der Waals surface area contributed by atoms with Gasteiger partial charge in [0.15, 0.2) is 0 Å². The second-order valence-corrected chi connectivity index (χ2v) is 6.21. The summed E-state index contributed by atoms with van der Waals surface area (Å²) in [6, 6.07) is 11.0. The molecule has 0 bridgehead atoms. The van der Waals surface area contributed by atoms with Gasteiger partial charge in [-0.05, 0) is 37.1 Å². The number of aromatic nitrogens is 1. The summed E-state index contributed by atoms with van der Waals surface area (Å²) in [6.45, 7) is 2.41. The van der Waals surface area contributed by atoms with Crippen molar-refractivity contribution in [3.63, 3.8) is 0 Å². The fourth-order valence-corrected chi connectivity index (χ4v) is 3.06. The maximum Gasteiger partial charge on any atom is 0.248 e. The number of nitrogens with two attached hydrogens (primary N) is 1. The van der Waals surface area contributed by atoms with Crippen LogP contribution in [0.2, 0.25) is 0 Å². The molecule has 1 saturated heterocycles. The third-order valence-electron chi connectivity index (χ3n) is 4.40. The number of carbonyl (C=O) groups excluding carboxylic acids is 1. The first kappa shape index (κ1) is 17.1. The summed E-state index contributed by atoms with van der Waals surface area (Å²) in [5.74, 6) is 2.36. The van der Waals surface area contributed by atoms with E-state index in [9.17, 15) is 4.79 Å². The number of piperidine rings is 1. The molecule has 0 spiro atoms. The van der Waals surface area contributed by atoms with Crippen LogP contribution in [0, 0.1) is 5.92 Å². The van der Waals surface area contributed by atoms with E-state index in [0.29, 0.717) is 18.1 Å². The van der Waals surface area contributed by atoms with Crippen molar-refractivity contribution in [1.29, 1.82) is 0 Å². The van der Waals surface area contributed by atoms with E-state index in [1.807, 2.05) is 24.3 Å². The predicted molar refractivity (Wildman–Crippen MR) is 96.2 cm³/mol. The molecule has 1 aromatic heterocycles. The highest BCUT2D eigenvalue weighted by atomic mass is 16.5. The van der Waals surface area contributed by atoms with Crippen LogP contribution >= 0.6 is 0 Å². The highest BCUT2D eigenvalue weighted by molar-refractivity contribution is 5.93. The van der Waals surface area contributed by atoms with Crippen LogP contribution < -0.4 is 20.1 Å². The van der Waals surface area contributed by atoms with Gasteiger partial charge in [0.25, 0.3) is 0 Å². The highest BCUT2D eigenvalue weighted by Crippen LogP contribution is 2.24. The molecule has 1 fully saturated rings. The number of nitrogens with zero attached hydrogens (tertiary/aromatic N) is 2. The van der Waals surface area contributed by atoms with E-state index in [1.165, 1.54) is 0 Å². The lowest BCUT2D eigenvalue weighted by molar-refractivity contribution is 0.1000. The van der Waals surface area contributed by atoms with Crippen molar-refractivity contribution in [2.24, 2.45) is 11.7 Å². The molecule has 6 heteroatoms. The predicted octanol–water partition coefficient (Wildman–Crippen LogP) is 2.48. The van der Waals surface area contributed by atoms with Gasteiger partial charge in [-0.3, -0.25) is 4.79 Å². The van der Waals surface area contributed by atoms with Gasteiger partial charge in [0, 0.05) is 36.8 Å². The number of methoxy groups -OCH3 is 1. The molecule has 3 rings (SSSR count). The van der Waals surface area contributed by atoms with E-state index in [1.54, 1.807) is 25.4 Å². The zero-order valence-electron chi connectivity index (χ0n) is 14.4. The van der Waals surface area contributed by atoms with Gasteiger partial charge in [0.1, 0.15) is 17.3 Å². The first-order valence-corrected chi connectivity index (χ1v) is 8.43. The molecule has 0 aliphatic carbocycles. The number of ether oxygens (including phenoxy) is 2. The lowest BCUT2D eigenvalue weighted by Crippen LogP contribution is -2.38. The van der Waals surface area contributed by atoms with Crippen molar-refractivity contribution < 1.29 is 14.3 Å². The molecule has 0 radical (unpaired) electrons. The van der Waals surface area contributed by atoms with E-state index in [0.717, 1.165) is 43.2 Å². The lowest BCUT2D eigenvalue weighted by Gasteiger charge is -2.33. The number of hydrogen-bond donors (Lipinski definition) is 1. The zero-order chi connectivity index (χ0) is 17.6. The highest BCUT2D eigenvalue weighted by Gasteiger charge is 2.22. The van der Waals surface area contributed by atoms with Crippen molar-refractivity contribution in [3.8, 4) is 11.5 Å². The second kappa shape index (κ2) is 7.88. The minimum absolute atomic E-state index is 0.402. The van der Waals surface area contributed by atoms with Gasteiger partial charge in [0.2, 0.25) is 5.91 Å². The Hall–Kier alpha value is -2.76. The standard InChI is InChI=1S/C19H23N3O3/c1-24-16-5-2-6-17(11-16)25-13-14-4-3-9-22(12-14)18-10-15(19(20)23)7-8-21-18/h2,5-8,10-11,14H,3-4,9,12-13H2,1H3,(H2,20,23)/t14-/m0/s1. The fourth-order valence-electron chi connectivity index (χ4n) is 3.06. The Kier molecular flexibility index (Phi) is 5.38. The number of hydrogen-bond acceptors (Lipinski definition) is 5. The minimum atomic E-state index is -0.432. The Balaban J connectivity index is 1.61. The number of amides is 1. The Morgan fingerprint density at radius 3 is 2.96 bits per heavy atom. The van der Waals surface area contributed by atoms with Gasteiger partial charge in [-0.2, -0.15) is 0 Å². The summed E-state index contributed by atoms with van der Waals surface area (Å²) in [6.07, 6.45) is 3.80. The first-order valence-electron chi connectivity index (χ1n) is 8.43. The number of primary amides is 1. The summed E-state index contributed by atoms with van der Waals surface area (Å²) in [5.41, 5.74) is 5.85. The molecule has 6 nitrogen and oxygen atoms in total. The third-order valence-corrected chi connectivity index (χ3v) is 4.40. The smallest absolute Gasteiger partial charge is 0.248 e. The molecular weight excluding hydrogens is 318 g/mol. The normalized spacial score (nSPS) is 17.2. The van der Waals surface area contributed by atoms with Crippen LogP contribution in [0.15, 0.2) is 42.6 Å². The molecule has 1 amide bonds. The number of anilines is 1. The Labute approximate surface area is 147 Å². The molecule has 132 valence electrons. The van der Waals surface area contributed by atoms with Crippen LogP contribution in [-0.4, -0.2) is 37.7 Å². The second-order valence-electron chi connectivity index (χ2n) is 6.21. The van der Waals surface area contributed by atoms with Gasteiger partial charge in [-0.25, -0.2) is 4.98 Å². The average molecular weight is 341 g/mol. The molecule has 1 aliphatic heterocycles. The number of carbonyl (C=O) groups is 1. The van der Waals surface area contributed by atoms with Crippen LogP contribution in [0.3, 0.4) is 0 Å². The topological polar surface area (TPSA) is 77.7 Å². The molecule has 2 aromatic rings. The van der Waals surface area contributed by atoms with Crippen molar-refractivity contribution in [2.45, 2.75) is 12.8 Å².